The molecule has 0 atom stereocenters. The van der Waals surface area contributed by atoms with Crippen LogP contribution in [0.5, 0.6) is 5.75 Å². The standard InChI is InChI=1S/C6HBrCl2F3NO/c7-3-4(8)2(1-13-5(3)9)14-6(10,11)12/h1H. The van der Waals surface area contributed by atoms with Gasteiger partial charge in [-0.05, 0) is 15.9 Å². The highest BCUT2D eigenvalue weighted by atomic mass is 79.9. The van der Waals surface area contributed by atoms with Crippen LogP contribution in [0.25, 0.3) is 0 Å². The number of halogens is 6. The highest BCUT2D eigenvalue weighted by Gasteiger charge is 2.32. The molecule has 1 aromatic heterocycles. The van der Waals surface area contributed by atoms with E-state index in [1.165, 1.54) is 0 Å². The summed E-state index contributed by atoms with van der Waals surface area (Å²) in [6.07, 6.45) is -4.01. The lowest BCUT2D eigenvalue weighted by Gasteiger charge is -2.10. The average molecular weight is 311 g/mol. The van der Waals surface area contributed by atoms with Crippen molar-refractivity contribution in [3.63, 3.8) is 0 Å². The summed E-state index contributed by atoms with van der Waals surface area (Å²) in [4.78, 5) is 3.43. The van der Waals surface area contributed by atoms with E-state index in [0.717, 1.165) is 6.20 Å². The normalized spacial score (nSPS) is 11.6. The fourth-order valence-corrected chi connectivity index (χ4v) is 1.29. The minimum Gasteiger partial charge on any atom is -0.402 e. The zero-order chi connectivity index (χ0) is 10.9. The molecule has 0 fully saturated rings. The Morgan fingerprint density at radius 3 is 2.43 bits per heavy atom. The van der Waals surface area contributed by atoms with Crippen molar-refractivity contribution in [1.29, 1.82) is 0 Å². The van der Waals surface area contributed by atoms with Gasteiger partial charge in [-0.3, -0.25) is 0 Å². The van der Waals surface area contributed by atoms with Crippen molar-refractivity contribution in [3.05, 3.63) is 20.8 Å². The average Bonchev–Trinajstić information content (AvgIpc) is 2.04. The van der Waals surface area contributed by atoms with Gasteiger partial charge in [0.2, 0.25) is 0 Å². The van der Waals surface area contributed by atoms with Crippen molar-refractivity contribution >= 4 is 39.1 Å². The maximum Gasteiger partial charge on any atom is 0.573 e. The first-order valence-corrected chi connectivity index (χ1v) is 4.61. The Hall–Kier alpha value is -0.200. The number of alkyl halides is 3. The zero-order valence-corrected chi connectivity index (χ0v) is 9.30. The summed E-state index contributed by atoms with van der Waals surface area (Å²) < 4.78 is 39.0. The van der Waals surface area contributed by atoms with E-state index < -0.39 is 12.1 Å². The molecule has 0 amide bonds. The largest absolute Gasteiger partial charge is 0.573 e. The van der Waals surface area contributed by atoms with E-state index in [9.17, 15) is 13.2 Å². The molecule has 1 heterocycles. The minimum absolute atomic E-state index is 0.0375. The lowest BCUT2D eigenvalue weighted by atomic mass is 10.4. The molecular weight excluding hydrogens is 310 g/mol. The number of hydrogen-bond donors (Lipinski definition) is 0. The quantitative estimate of drug-likeness (QED) is 0.730. The number of nitrogens with zero attached hydrogens (tertiary/aromatic N) is 1. The molecule has 0 saturated carbocycles. The molecule has 0 radical (unpaired) electrons. The number of ether oxygens (including phenoxy) is 1. The number of hydrogen-bond acceptors (Lipinski definition) is 2. The molecule has 0 aliphatic carbocycles. The number of rotatable bonds is 1. The Labute approximate surface area is 95.1 Å². The van der Waals surface area contributed by atoms with Crippen molar-refractivity contribution in [2.45, 2.75) is 6.36 Å². The van der Waals surface area contributed by atoms with Gasteiger partial charge in [0.15, 0.2) is 5.75 Å². The van der Waals surface area contributed by atoms with Gasteiger partial charge >= 0.3 is 6.36 Å². The predicted octanol–water partition coefficient (Wildman–Crippen LogP) is 4.05. The van der Waals surface area contributed by atoms with Gasteiger partial charge in [0.1, 0.15) is 10.2 Å². The minimum atomic E-state index is -4.81. The van der Waals surface area contributed by atoms with Crippen molar-refractivity contribution < 1.29 is 17.9 Å². The lowest BCUT2D eigenvalue weighted by Crippen LogP contribution is -2.17. The molecule has 0 aliphatic rings. The van der Waals surface area contributed by atoms with Crippen LogP contribution in [-0.2, 0) is 0 Å². The molecule has 1 rings (SSSR count). The molecule has 0 unspecified atom stereocenters. The van der Waals surface area contributed by atoms with Crippen LogP contribution in [0, 0.1) is 0 Å². The van der Waals surface area contributed by atoms with Crippen molar-refractivity contribution in [2.24, 2.45) is 0 Å². The van der Waals surface area contributed by atoms with Gasteiger partial charge in [-0.2, -0.15) is 0 Å². The first-order valence-electron chi connectivity index (χ1n) is 3.06. The van der Waals surface area contributed by atoms with E-state index in [2.05, 4.69) is 25.7 Å². The van der Waals surface area contributed by atoms with Crippen LogP contribution in [0.2, 0.25) is 10.2 Å². The highest BCUT2D eigenvalue weighted by molar-refractivity contribution is 9.10. The van der Waals surface area contributed by atoms with E-state index in [-0.39, 0.29) is 14.6 Å². The maximum atomic E-state index is 11.8. The lowest BCUT2D eigenvalue weighted by molar-refractivity contribution is -0.274. The molecule has 1 aromatic rings. The van der Waals surface area contributed by atoms with Crippen LogP contribution in [0.3, 0.4) is 0 Å². The topological polar surface area (TPSA) is 22.1 Å². The van der Waals surface area contributed by atoms with E-state index in [4.69, 9.17) is 23.2 Å². The summed E-state index contributed by atoms with van der Waals surface area (Å²) in [7, 11) is 0. The van der Waals surface area contributed by atoms with Crippen molar-refractivity contribution in [1.82, 2.24) is 4.98 Å². The maximum absolute atomic E-state index is 11.8. The molecule has 2 nitrogen and oxygen atoms in total. The van der Waals surface area contributed by atoms with Gasteiger partial charge in [0.05, 0.1) is 10.7 Å². The van der Waals surface area contributed by atoms with Gasteiger partial charge in [-0.1, -0.05) is 23.2 Å². The van der Waals surface area contributed by atoms with Gasteiger partial charge in [-0.25, -0.2) is 4.98 Å². The number of pyridine rings is 1. The molecule has 8 heteroatoms. The van der Waals surface area contributed by atoms with Crippen LogP contribution in [0.4, 0.5) is 13.2 Å². The molecule has 0 aliphatic heterocycles. The predicted molar refractivity (Wildman–Crippen MR) is 48.6 cm³/mol. The third-order valence-corrected chi connectivity index (χ3v) is 3.00. The van der Waals surface area contributed by atoms with E-state index in [1.54, 1.807) is 0 Å². The second kappa shape index (κ2) is 4.12. The Morgan fingerprint density at radius 2 is 1.93 bits per heavy atom. The molecule has 78 valence electrons. The summed E-state index contributed by atoms with van der Waals surface area (Å²) in [5.74, 6) is -0.601. The Morgan fingerprint density at radius 1 is 1.36 bits per heavy atom. The zero-order valence-electron chi connectivity index (χ0n) is 6.20. The second-order valence-electron chi connectivity index (χ2n) is 2.09. The first-order chi connectivity index (χ1) is 6.31. The molecule has 0 bridgehead atoms. The Bertz CT molecular complexity index is 358. The van der Waals surface area contributed by atoms with Crippen LogP contribution >= 0.6 is 39.1 Å². The summed E-state index contributed by atoms with van der Waals surface area (Å²) in [6, 6.07) is 0. The van der Waals surface area contributed by atoms with Crippen LogP contribution in [-0.4, -0.2) is 11.3 Å². The monoisotopic (exact) mass is 309 g/mol. The molecule has 0 aromatic carbocycles. The van der Waals surface area contributed by atoms with Crippen molar-refractivity contribution in [2.75, 3.05) is 0 Å². The Kier molecular flexibility index (Phi) is 3.49. The third-order valence-electron chi connectivity index (χ3n) is 1.11. The van der Waals surface area contributed by atoms with Crippen molar-refractivity contribution in [3.8, 4) is 5.75 Å². The molecule has 0 saturated heterocycles. The van der Waals surface area contributed by atoms with Gasteiger partial charge < -0.3 is 4.74 Å². The fraction of sp³-hybridized carbons (Fsp3) is 0.167. The Balaban J connectivity index is 3.06. The SMILES string of the molecule is FC(F)(F)Oc1cnc(Cl)c(Br)c1Cl. The van der Waals surface area contributed by atoms with Gasteiger partial charge in [0, 0.05) is 0 Å². The highest BCUT2D eigenvalue weighted by Crippen LogP contribution is 2.37. The van der Waals surface area contributed by atoms with E-state index in [0.29, 0.717) is 0 Å². The molecule has 0 N–H and O–H groups in total. The smallest absolute Gasteiger partial charge is 0.402 e. The third kappa shape index (κ3) is 2.90. The van der Waals surface area contributed by atoms with Gasteiger partial charge in [0.25, 0.3) is 0 Å². The molecular formula is C6HBrCl2F3NO. The summed E-state index contributed by atoms with van der Waals surface area (Å²) in [6.45, 7) is 0. The summed E-state index contributed by atoms with van der Waals surface area (Å²) >= 11 is 13.8. The van der Waals surface area contributed by atoms with E-state index >= 15 is 0 Å². The summed E-state index contributed by atoms with van der Waals surface area (Å²) in [5, 5.41) is -0.313. The molecule has 0 spiro atoms. The fourth-order valence-electron chi connectivity index (χ4n) is 0.623. The van der Waals surface area contributed by atoms with E-state index in [1.807, 2.05) is 0 Å². The second-order valence-corrected chi connectivity index (χ2v) is 3.62. The first kappa shape index (κ1) is 11.9. The van der Waals surface area contributed by atoms with Crippen LogP contribution in [0.15, 0.2) is 10.7 Å². The van der Waals surface area contributed by atoms with Gasteiger partial charge in [-0.15, -0.1) is 13.2 Å². The van der Waals surface area contributed by atoms with Crippen LogP contribution < -0.4 is 4.74 Å². The summed E-state index contributed by atoms with van der Waals surface area (Å²) in [5.41, 5.74) is 0. The molecule has 14 heavy (non-hydrogen) atoms. The van der Waals surface area contributed by atoms with Crippen LogP contribution in [0.1, 0.15) is 0 Å². The number of aromatic nitrogens is 1.